The molecule has 2 aromatic carbocycles. The average molecular weight is 462 g/mol. The summed E-state index contributed by atoms with van der Waals surface area (Å²) in [5, 5.41) is 59.4. The summed E-state index contributed by atoms with van der Waals surface area (Å²) in [5.41, 5.74) is -0.412. The highest BCUT2D eigenvalue weighted by Gasteiger charge is 2.45. The number of ether oxygens (including phenoxy) is 3. The minimum atomic E-state index is -1.73. The third-order valence-electron chi connectivity index (χ3n) is 5.36. The van der Waals surface area contributed by atoms with E-state index in [9.17, 15) is 35.4 Å². The first-order chi connectivity index (χ1) is 15.7. The van der Waals surface area contributed by atoms with Crippen molar-refractivity contribution in [2.45, 2.75) is 30.7 Å². The number of hydrogen-bond donors (Lipinski definition) is 6. The van der Waals surface area contributed by atoms with E-state index in [4.69, 9.17) is 18.6 Å². The Balaban J connectivity index is 1.86. The monoisotopic (exact) mass is 462 g/mol. The fourth-order valence-electron chi connectivity index (χ4n) is 3.58. The number of aliphatic hydroxyl groups excluding tert-OH is 4. The zero-order valence-corrected chi connectivity index (χ0v) is 17.3. The van der Waals surface area contributed by atoms with Crippen LogP contribution in [0.25, 0.3) is 22.3 Å². The van der Waals surface area contributed by atoms with Crippen LogP contribution in [0.1, 0.15) is 0 Å². The molecule has 0 amide bonds. The van der Waals surface area contributed by atoms with Gasteiger partial charge in [0.15, 0.2) is 16.8 Å². The predicted molar refractivity (Wildman–Crippen MR) is 112 cm³/mol. The van der Waals surface area contributed by atoms with Crippen molar-refractivity contribution in [2.24, 2.45) is 0 Å². The van der Waals surface area contributed by atoms with Crippen molar-refractivity contribution in [3.8, 4) is 34.3 Å². The minimum Gasteiger partial charge on any atom is -0.508 e. The molecule has 0 saturated carbocycles. The van der Waals surface area contributed by atoms with Gasteiger partial charge < -0.3 is 49.3 Å². The Kier molecular flexibility index (Phi) is 6.15. The molecule has 1 aliphatic heterocycles. The van der Waals surface area contributed by atoms with Crippen molar-refractivity contribution in [3.63, 3.8) is 0 Å². The Hall–Kier alpha value is -3.35. The number of benzene rings is 2. The summed E-state index contributed by atoms with van der Waals surface area (Å²) in [6, 6.07) is 8.08. The molecular formula is C22H22O11. The van der Waals surface area contributed by atoms with Crippen LogP contribution in [-0.4, -0.2) is 75.1 Å². The molecular weight excluding hydrogens is 440 g/mol. The highest BCUT2D eigenvalue weighted by Crippen LogP contribution is 2.42. The summed E-state index contributed by atoms with van der Waals surface area (Å²) >= 11 is 0. The molecule has 1 fully saturated rings. The summed E-state index contributed by atoms with van der Waals surface area (Å²) in [5.74, 6) is -0.670. The fourth-order valence-corrected chi connectivity index (χ4v) is 3.58. The fraction of sp³-hybridized carbons (Fsp3) is 0.318. The molecule has 11 nitrogen and oxygen atoms in total. The van der Waals surface area contributed by atoms with Crippen LogP contribution in [0, 0.1) is 0 Å². The lowest BCUT2D eigenvalue weighted by molar-refractivity contribution is -0.277. The topological polar surface area (TPSA) is 179 Å². The number of rotatable bonds is 5. The third-order valence-corrected chi connectivity index (χ3v) is 5.36. The highest BCUT2D eigenvalue weighted by atomic mass is 16.7. The lowest BCUT2D eigenvalue weighted by Gasteiger charge is -2.39. The summed E-state index contributed by atoms with van der Waals surface area (Å²) in [4.78, 5) is 12.8. The second-order valence-electron chi connectivity index (χ2n) is 7.47. The number of phenolic OH excluding ortho intramolecular Hbond substituents is 2. The molecule has 33 heavy (non-hydrogen) atoms. The first-order valence-electron chi connectivity index (χ1n) is 9.89. The first kappa shape index (κ1) is 22.8. The van der Waals surface area contributed by atoms with Crippen LogP contribution in [0.15, 0.2) is 45.6 Å². The van der Waals surface area contributed by atoms with Crippen molar-refractivity contribution < 1.29 is 49.3 Å². The third kappa shape index (κ3) is 4.08. The van der Waals surface area contributed by atoms with E-state index in [0.29, 0.717) is 5.56 Å². The zero-order valence-electron chi connectivity index (χ0n) is 17.3. The molecule has 3 aromatic rings. The molecule has 176 valence electrons. The Labute approximate surface area is 186 Å². The summed E-state index contributed by atoms with van der Waals surface area (Å²) in [6.45, 7) is -0.668. The van der Waals surface area contributed by atoms with Gasteiger partial charge in [-0.15, -0.1) is 0 Å². The van der Waals surface area contributed by atoms with E-state index in [1.807, 2.05) is 0 Å². The molecule has 1 saturated heterocycles. The number of aromatic hydroxyl groups is 2. The molecule has 0 spiro atoms. The van der Waals surface area contributed by atoms with E-state index in [1.54, 1.807) is 0 Å². The Morgan fingerprint density at radius 2 is 1.70 bits per heavy atom. The average Bonchev–Trinajstić information content (AvgIpc) is 2.80. The van der Waals surface area contributed by atoms with Crippen LogP contribution in [0.4, 0.5) is 0 Å². The number of phenols is 2. The van der Waals surface area contributed by atoms with Crippen molar-refractivity contribution in [2.75, 3.05) is 13.7 Å². The molecule has 0 bridgehead atoms. The molecule has 0 unspecified atom stereocenters. The van der Waals surface area contributed by atoms with Crippen molar-refractivity contribution in [1.29, 1.82) is 0 Å². The molecule has 2 heterocycles. The summed E-state index contributed by atoms with van der Waals surface area (Å²) < 4.78 is 22.2. The Morgan fingerprint density at radius 3 is 2.33 bits per heavy atom. The van der Waals surface area contributed by atoms with Gasteiger partial charge in [-0.2, -0.15) is 0 Å². The smallest absolute Gasteiger partial charge is 0.229 e. The SMILES string of the molecule is COc1cc(O)c2c(=O)cc(-c3ccc(O)cc3)oc2c1O[C@H]1O[C@@H](CO)[C@H](O)[C@@H](O)[C@@H]1O. The second-order valence-corrected chi connectivity index (χ2v) is 7.47. The maximum absolute atomic E-state index is 12.8. The molecule has 1 aromatic heterocycles. The molecule has 0 radical (unpaired) electrons. The van der Waals surface area contributed by atoms with Crippen LogP contribution in [0.3, 0.4) is 0 Å². The van der Waals surface area contributed by atoms with Crippen molar-refractivity contribution >= 4 is 11.0 Å². The molecule has 0 aliphatic carbocycles. The summed E-state index contributed by atoms with van der Waals surface area (Å²) in [7, 11) is 1.27. The van der Waals surface area contributed by atoms with E-state index >= 15 is 0 Å². The number of fused-ring (bicyclic) bond motifs is 1. The van der Waals surface area contributed by atoms with Gasteiger partial charge in [-0.3, -0.25) is 4.79 Å². The van der Waals surface area contributed by atoms with Crippen LogP contribution in [-0.2, 0) is 4.74 Å². The number of aliphatic hydroxyl groups is 4. The highest BCUT2D eigenvalue weighted by molar-refractivity contribution is 5.91. The zero-order chi connectivity index (χ0) is 23.9. The molecule has 1 aliphatic rings. The molecule has 11 heteroatoms. The van der Waals surface area contributed by atoms with Gasteiger partial charge in [0.05, 0.1) is 13.7 Å². The van der Waals surface area contributed by atoms with Gasteiger partial charge in [-0.25, -0.2) is 0 Å². The maximum Gasteiger partial charge on any atom is 0.229 e. The standard InChI is InChI=1S/C22H22O11/c1-30-14-7-12(26)16-11(25)6-13(9-2-4-10(24)5-3-9)31-21(16)20(14)33-22-19(29)18(28)17(27)15(8-23)32-22/h2-7,15,17-19,22-24,26-29H,8H2,1H3/t15-,17-,18+,19-,22+/m0/s1. The van der Waals surface area contributed by atoms with Gasteiger partial charge in [0, 0.05) is 17.7 Å². The largest absolute Gasteiger partial charge is 0.508 e. The van der Waals surface area contributed by atoms with Crippen LogP contribution in [0.2, 0.25) is 0 Å². The van der Waals surface area contributed by atoms with E-state index < -0.39 is 48.5 Å². The summed E-state index contributed by atoms with van der Waals surface area (Å²) in [6.07, 6.45) is -7.85. The minimum absolute atomic E-state index is 0.00726. The predicted octanol–water partition coefficient (Wildman–Crippen LogP) is 0.0585. The van der Waals surface area contributed by atoms with Gasteiger partial charge in [0.1, 0.15) is 47.1 Å². The number of methoxy groups -OCH3 is 1. The Morgan fingerprint density at radius 1 is 1.00 bits per heavy atom. The lowest BCUT2D eigenvalue weighted by Crippen LogP contribution is -2.60. The molecule has 5 atom stereocenters. The van der Waals surface area contributed by atoms with Crippen molar-refractivity contribution in [3.05, 3.63) is 46.6 Å². The van der Waals surface area contributed by atoms with Crippen LogP contribution >= 0.6 is 0 Å². The van der Waals surface area contributed by atoms with E-state index in [0.717, 1.165) is 12.1 Å². The van der Waals surface area contributed by atoms with Gasteiger partial charge in [-0.1, -0.05) is 0 Å². The van der Waals surface area contributed by atoms with Gasteiger partial charge >= 0.3 is 0 Å². The van der Waals surface area contributed by atoms with E-state index in [2.05, 4.69) is 0 Å². The normalized spacial score (nSPS) is 25.2. The van der Waals surface area contributed by atoms with Gasteiger partial charge in [0.2, 0.25) is 12.0 Å². The molecule has 6 N–H and O–H groups in total. The molecule has 4 rings (SSSR count). The van der Waals surface area contributed by atoms with Gasteiger partial charge in [-0.05, 0) is 24.3 Å². The van der Waals surface area contributed by atoms with Crippen LogP contribution in [0.5, 0.6) is 23.0 Å². The second kappa shape index (κ2) is 8.89. The van der Waals surface area contributed by atoms with Gasteiger partial charge in [0.25, 0.3) is 0 Å². The maximum atomic E-state index is 12.8. The lowest BCUT2D eigenvalue weighted by atomic mass is 9.99. The van der Waals surface area contributed by atoms with E-state index in [1.165, 1.54) is 31.4 Å². The quantitative estimate of drug-likeness (QED) is 0.302. The first-order valence-corrected chi connectivity index (χ1v) is 9.89. The number of hydrogen-bond acceptors (Lipinski definition) is 11. The Bertz CT molecular complexity index is 1200. The van der Waals surface area contributed by atoms with Crippen LogP contribution < -0.4 is 14.9 Å². The van der Waals surface area contributed by atoms with Crippen molar-refractivity contribution in [1.82, 2.24) is 0 Å². The van der Waals surface area contributed by atoms with E-state index in [-0.39, 0.29) is 34.0 Å².